The zero-order chi connectivity index (χ0) is 37.4. The van der Waals surface area contributed by atoms with Crippen LogP contribution in [0.25, 0.3) is 100 Å². The number of aromatic nitrogens is 3. The SMILES string of the molecule is [2H]c1c([2H])c([2H])c(-c2cc(-c3ccccc3)cc3c2oc2cc(-c4nc(-c5ccccc5)nc(-c5cccc6oc7ccccc7c56)n4)ccc23)c([2H])c1[2H]. The molecule has 0 aliphatic rings. The minimum Gasteiger partial charge on any atom is -0.456 e. The van der Waals surface area contributed by atoms with Gasteiger partial charge in [-0.2, -0.15) is 0 Å². The molecule has 3 heterocycles. The Balaban J connectivity index is 1.21. The minimum absolute atomic E-state index is 0.0728. The zero-order valence-electron chi connectivity index (χ0n) is 31.4. The van der Waals surface area contributed by atoms with Crippen LogP contribution in [0.3, 0.4) is 0 Å². The van der Waals surface area contributed by atoms with E-state index >= 15 is 0 Å². The van der Waals surface area contributed by atoms with Gasteiger partial charge in [-0.1, -0.05) is 127 Å². The van der Waals surface area contributed by atoms with Gasteiger partial charge in [0.1, 0.15) is 22.3 Å². The fourth-order valence-electron chi connectivity index (χ4n) is 6.69. The van der Waals surface area contributed by atoms with E-state index in [0.29, 0.717) is 39.8 Å². The van der Waals surface area contributed by atoms with Crippen molar-refractivity contribution >= 4 is 43.9 Å². The van der Waals surface area contributed by atoms with E-state index in [-0.39, 0.29) is 17.6 Å². The summed E-state index contributed by atoms with van der Waals surface area (Å²) in [5.41, 5.74) is 6.97. The van der Waals surface area contributed by atoms with E-state index in [0.717, 1.165) is 55.0 Å². The second-order valence-electron chi connectivity index (χ2n) is 12.0. The van der Waals surface area contributed by atoms with Crippen molar-refractivity contribution in [2.45, 2.75) is 0 Å². The lowest BCUT2D eigenvalue weighted by atomic mass is 9.95. The molecule has 234 valence electrons. The Morgan fingerprint density at radius 3 is 1.92 bits per heavy atom. The quantitative estimate of drug-likeness (QED) is 0.186. The van der Waals surface area contributed by atoms with Crippen molar-refractivity contribution in [3.05, 3.63) is 164 Å². The van der Waals surface area contributed by atoms with Crippen LogP contribution >= 0.6 is 0 Å². The molecule has 3 aromatic heterocycles. The Morgan fingerprint density at radius 2 is 1.10 bits per heavy atom. The van der Waals surface area contributed by atoms with Crippen LogP contribution in [0.2, 0.25) is 0 Å². The monoisotopic (exact) mass is 646 g/mol. The van der Waals surface area contributed by atoms with Crippen LogP contribution in [0.1, 0.15) is 6.85 Å². The first kappa shape index (κ1) is 23.5. The molecule has 0 fully saturated rings. The summed E-state index contributed by atoms with van der Waals surface area (Å²) >= 11 is 0. The Bertz CT molecular complexity index is 3130. The molecular weight excluding hydrogens is 615 g/mol. The molecule has 0 spiro atoms. The van der Waals surface area contributed by atoms with Gasteiger partial charge in [0.15, 0.2) is 17.5 Å². The van der Waals surface area contributed by atoms with Crippen molar-refractivity contribution in [2.24, 2.45) is 0 Å². The Kier molecular flexibility index (Phi) is 5.35. The average Bonchev–Trinajstić information content (AvgIpc) is 3.81. The molecule has 5 heteroatoms. The van der Waals surface area contributed by atoms with Crippen molar-refractivity contribution in [1.82, 2.24) is 15.0 Å². The predicted molar refractivity (Wildman–Crippen MR) is 202 cm³/mol. The van der Waals surface area contributed by atoms with Crippen molar-refractivity contribution in [2.75, 3.05) is 0 Å². The van der Waals surface area contributed by atoms with Crippen molar-refractivity contribution < 1.29 is 15.7 Å². The summed E-state index contributed by atoms with van der Waals surface area (Å²) in [5.74, 6) is 1.43. The molecule has 0 atom stereocenters. The summed E-state index contributed by atoms with van der Waals surface area (Å²) in [6, 6.07) is 41.0. The van der Waals surface area contributed by atoms with Crippen molar-refractivity contribution in [3.8, 4) is 56.4 Å². The highest BCUT2D eigenvalue weighted by Gasteiger charge is 2.20. The molecule has 0 aliphatic carbocycles. The van der Waals surface area contributed by atoms with Gasteiger partial charge in [0.05, 0.1) is 6.85 Å². The maximum Gasteiger partial charge on any atom is 0.164 e. The predicted octanol–water partition coefficient (Wildman–Crippen LogP) is 12.0. The molecule has 0 unspecified atom stereocenters. The third kappa shape index (κ3) is 4.67. The number of benzene rings is 7. The van der Waals surface area contributed by atoms with E-state index < -0.39 is 18.1 Å². The van der Waals surface area contributed by atoms with Gasteiger partial charge < -0.3 is 8.83 Å². The number of hydrogen-bond donors (Lipinski definition) is 0. The lowest BCUT2D eigenvalue weighted by molar-refractivity contribution is 0.669. The smallest absolute Gasteiger partial charge is 0.164 e. The number of fused-ring (bicyclic) bond motifs is 6. The molecule has 0 aliphatic heterocycles. The average molecular weight is 647 g/mol. The van der Waals surface area contributed by atoms with Crippen LogP contribution in [-0.2, 0) is 0 Å². The zero-order valence-corrected chi connectivity index (χ0v) is 26.4. The number of hydrogen-bond acceptors (Lipinski definition) is 5. The largest absolute Gasteiger partial charge is 0.456 e. The Hall–Kier alpha value is -6.85. The molecule has 7 aromatic carbocycles. The first-order chi connectivity index (χ1) is 26.8. The molecule has 5 nitrogen and oxygen atoms in total. The molecule has 0 saturated heterocycles. The van der Waals surface area contributed by atoms with Crippen LogP contribution in [0.4, 0.5) is 0 Å². The molecule has 0 bridgehead atoms. The van der Waals surface area contributed by atoms with Crippen LogP contribution in [0.5, 0.6) is 0 Å². The summed E-state index contributed by atoms with van der Waals surface area (Å²) in [6.07, 6.45) is 0. The van der Waals surface area contributed by atoms with Gasteiger partial charge in [-0.3, -0.25) is 0 Å². The molecule has 0 radical (unpaired) electrons. The highest BCUT2D eigenvalue weighted by molar-refractivity contribution is 6.13. The number of nitrogens with zero attached hydrogens (tertiary/aromatic N) is 3. The van der Waals surface area contributed by atoms with Crippen LogP contribution in [-0.4, -0.2) is 15.0 Å². The molecule has 0 amide bonds. The van der Waals surface area contributed by atoms with Gasteiger partial charge in [-0.05, 0) is 53.1 Å². The highest BCUT2D eigenvalue weighted by Crippen LogP contribution is 2.41. The minimum atomic E-state index is -0.452. The maximum atomic E-state index is 8.83. The summed E-state index contributed by atoms with van der Waals surface area (Å²) in [7, 11) is 0. The molecule has 10 aromatic rings. The van der Waals surface area contributed by atoms with E-state index in [1.165, 1.54) is 0 Å². The fourth-order valence-corrected chi connectivity index (χ4v) is 6.69. The topological polar surface area (TPSA) is 65.0 Å². The van der Waals surface area contributed by atoms with Gasteiger partial charge in [-0.15, -0.1) is 0 Å². The molecule has 10 rings (SSSR count). The summed E-state index contributed by atoms with van der Waals surface area (Å²) in [4.78, 5) is 15.0. The lowest BCUT2D eigenvalue weighted by Crippen LogP contribution is -2.00. The Labute approximate surface area is 294 Å². The molecule has 0 N–H and O–H groups in total. The van der Waals surface area contributed by atoms with E-state index in [4.69, 9.17) is 30.6 Å². The maximum absolute atomic E-state index is 8.83. The van der Waals surface area contributed by atoms with E-state index in [1.807, 2.05) is 133 Å². The van der Waals surface area contributed by atoms with Crippen LogP contribution in [0.15, 0.2) is 173 Å². The van der Waals surface area contributed by atoms with E-state index in [2.05, 4.69) is 0 Å². The Morgan fingerprint density at radius 1 is 0.400 bits per heavy atom. The van der Waals surface area contributed by atoms with Crippen LogP contribution in [0, 0.1) is 0 Å². The normalized spacial score (nSPS) is 13.0. The first-order valence-electron chi connectivity index (χ1n) is 18.7. The molecular formula is C45H27N3O2. The standard InChI is InChI=1S/C45H27N3O2/c1-4-13-28(14-5-1)32-25-36(29-15-6-2-7-16-29)42-37(26-32)33-24-23-31(27-40(33)50-42)44-46-43(30-17-8-3-9-18-30)47-45(48-44)35-20-12-22-39-41(35)34-19-10-11-21-38(34)49-39/h1-27H/i2D,6D,7D,15D,16D. The van der Waals surface area contributed by atoms with E-state index in [9.17, 15) is 0 Å². The molecule has 0 saturated carbocycles. The highest BCUT2D eigenvalue weighted by atomic mass is 16.3. The van der Waals surface area contributed by atoms with E-state index in [1.54, 1.807) is 0 Å². The van der Waals surface area contributed by atoms with Gasteiger partial charge in [0.2, 0.25) is 0 Å². The first-order valence-corrected chi connectivity index (χ1v) is 16.2. The van der Waals surface area contributed by atoms with Gasteiger partial charge in [0, 0.05) is 43.8 Å². The van der Waals surface area contributed by atoms with Crippen molar-refractivity contribution in [3.63, 3.8) is 0 Å². The second-order valence-corrected chi connectivity index (χ2v) is 12.0. The number of para-hydroxylation sites is 1. The van der Waals surface area contributed by atoms with Crippen molar-refractivity contribution in [1.29, 1.82) is 0 Å². The number of furan rings is 2. The molecule has 50 heavy (non-hydrogen) atoms. The summed E-state index contributed by atoms with van der Waals surface area (Å²) < 4.78 is 55.5. The summed E-state index contributed by atoms with van der Waals surface area (Å²) in [5, 5.41) is 3.41. The summed E-state index contributed by atoms with van der Waals surface area (Å²) in [6.45, 7) is 0. The van der Waals surface area contributed by atoms with Gasteiger partial charge >= 0.3 is 0 Å². The third-order valence-electron chi connectivity index (χ3n) is 9.02. The number of rotatable bonds is 5. The van der Waals surface area contributed by atoms with Gasteiger partial charge in [-0.25, -0.2) is 15.0 Å². The van der Waals surface area contributed by atoms with Gasteiger partial charge in [0.25, 0.3) is 0 Å². The third-order valence-corrected chi connectivity index (χ3v) is 9.02. The van der Waals surface area contributed by atoms with Crippen LogP contribution < -0.4 is 0 Å². The second kappa shape index (κ2) is 11.4. The lowest BCUT2D eigenvalue weighted by Gasteiger charge is -2.09. The fraction of sp³-hybridized carbons (Fsp3) is 0.